The molecule has 0 unspecified atom stereocenters. The molecule has 0 aliphatic rings. The predicted octanol–water partition coefficient (Wildman–Crippen LogP) is 6.27. The standard InChI is InChI=1S/C25H23N3OS2/c1-28(2)21-15-13-20(14-16-21)26-22(29)17-30-25-27-23(18-9-5-3-6-10-18)24(31-25)19-11-7-4-8-12-19/h3-16H,17H2,1-2H3,(H,26,29). The number of carbonyl (C=O) groups excluding carboxylic acids is 1. The number of aromatic nitrogens is 1. The first-order chi connectivity index (χ1) is 15.1. The Bertz CT molecular complexity index is 1080. The number of nitrogens with one attached hydrogen (secondary N) is 1. The van der Waals surface area contributed by atoms with Crippen LogP contribution in [0.2, 0.25) is 0 Å². The van der Waals surface area contributed by atoms with Gasteiger partial charge in [0.05, 0.1) is 16.3 Å². The highest BCUT2D eigenvalue weighted by Crippen LogP contribution is 2.40. The van der Waals surface area contributed by atoms with Crippen LogP contribution in [0.3, 0.4) is 0 Å². The molecular formula is C25H23N3OS2. The van der Waals surface area contributed by atoms with Crippen molar-refractivity contribution in [1.29, 1.82) is 0 Å². The SMILES string of the molecule is CN(C)c1ccc(NC(=O)CSc2nc(-c3ccccc3)c(-c3ccccc3)s2)cc1. The average Bonchev–Trinajstić information content (AvgIpc) is 3.24. The van der Waals surface area contributed by atoms with Crippen LogP contribution in [0.1, 0.15) is 0 Å². The van der Waals surface area contributed by atoms with E-state index in [0.29, 0.717) is 5.75 Å². The molecule has 0 saturated carbocycles. The van der Waals surface area contributed by atoms with Crippen molar-refractivity contribution < 1.29 is 4.79 Å². The second-order valence-corrected chi connectivity index (χ2v) is 9.39. The molecule has 4 rings (SSSR count). The van der Waals surface area contributed by atoms with Crippen LogP contribution in [0, 0.1) is 0 Å². The predicted molar refractivity (Wildman–Crippen MR) is 133 cm³/mol. The highest BCUT2D eigenvalue weighted by molar-refractivity contribution is 8.01. The van der Waals surface area contributed by atoms with E-state index in [9.17, 15) is 4.79 Å². The first-order valence-corrected chi connectivity index (χ1v) is 11.7. The van der Waals surface area contributed by atoms with Crippen LogP contribution in [0.15, 0.2) is 89.3 Å². The summed E-state index contributed by atoms with van der Waals surface area (Å²) in [6.07, 6.45) is 0. The number of nitrogens with zero attached hydrogens (tertiary/aromatic N) is 2. The summed E-state index contributed by atoms with van der Waals surface area (Å²) in [4.78, 5) is 20.5. The number of anilines is 2. The Morgan fingerprint density at radius 1 is 0.903 bits per heavy atom. The molecule has 31 heavy (non-hydrogen) atoms. The molecule has 156 valence electrons. The highest BCUT2D eigenvalue weighted by Gasteiger charge is 2.16. The maximum Gasteiger partial charge on any atom is 0.234 e. The normalized spacial score (nSPS) is 10.6. The van der Waals surface area contributed by atoms with Gasteiger partial charge in [0.15, 0.2) is 4.34 Å². The Morgan fingerprint density at radius 3 is 2.13 bits per heavy atom. The third kappa shape index (κ3) is 5.34. The molecule has 0 radical (unpaired) electrons. The van der Waals surface area contributed by atoms with Gasteiger partial charge in [0.2, 0.25) is 5.91 Å². The van der Waals surface area contributed by atoms with E-state index in [2.05, 4.69) is 29.6 Å². The average molecular weight is 446 g/mol. The first-order valence-electron chi connectivity index (χ1n) is 9.92. The molecule has 0 saturated heterocycles. The molecule has 1 aromatic heterocycles. The molecule has 4 nitrogen and oxygen atoms in total. The van der Waals surface area contributed by atoms with E-state index in [1.165, 1.54) is 11.8 Å². The maximum atomic E-state index is 12.5. The van der Waals surface area contributed by atoms with Gasteiger partial charge in [-0.15, -0.1) is 11.3 Å². The molecule has 0 aliphatic carbocycles. The molecule has 1 N–H and O–H groups in total. The monoisotopic (exact) mass is 445 g/mol. The number of thiazole rings is 1. The number of thioether (sulfide) groups is 1. The van der Waals surface area contributed by atoms with Crippen LogP contribution in [-0.2, 0) is 4.79 Å². The molecule has 0 aliphatic heterocycles. The fourth-order valence-electron chi connectivity index (χ4n) is 3.11. The summed E-state index contributed by atoms with van der Waals surface area (Å²) in [5.74, 6) is 0.270. The largest absolute Gasteiger partial charge is 0.378 e. The van der Waals surface area contributed by atoms with Crippen LogP contribution in [-0.4, -0.2) is 30.7 Å². The van der Waals surface area contributed by atoms with E-state index >= 15 is 0 Å². The zero-order chi connectivity index (χ0) is 21.6. The molecule has 0 spiro atoms. The molecule has 0 fully saturated rings. The molecule has 1 heterocycles. The number of amides is 1. The third-order valence-corrected chi connectivity index (χ3v) is 6.93. The zero-order valence-electron chi connectivity index (χ0n) is 17.4. The van der Waals surface area contributed by atoms with E-state index < -0.39 is 0 Å². The van der Waals surface area contributed by atoms with Crippen LogP contribution in [0.5, 0.6) is 0 Å². The van der Waals surface area contributed by atoms with Crippen molar-refractivity contribution >= 4 is 40.4 Å². The lowest BCUT2D eigenvalue weighted by Crippen LogP contribution is -2.14. The lowest BCUT2D eigenvalue weighted by molar-refractivity contribution is -0.113. The van der Waals surface area contributed by atoms with Gasteiger partial charge < -0.3 is 10.2 Å². The summed E-state index contributed by atoms with van der Waals surface area (Å²) in [5.41, 5.74) is 5.06. The van der Waals surface area contributed by atoms with Gasteiger partial charge in [-0.25, -0.2) is 4.98 Å². The Morgan fingerprint density at radius 2 is 1.52 bits per heavy atom. The zero-order valence-corrected chi connectivity index (χ0v) is 19.0. The molecule has 1 amide bonds. The summed E-state index contributed by atoms with van der Waals surface area (Å²) < 4.78 is 0.885. The Labute approximate surface area is 191 Å². The number of benzene rings is 3. The summed E-state index contributed by atoms with van der Waals surface area (Å²) in [6, 6.07) is 28.3. The summed E-state index contributed by atoms with van der Waals surface area (Å²) in [7, 11) is 3.98. The van der Waals surface area contributed by atoms with Crippen LogP contribution < -0.4 is 10.2 Å². The number of hydrogen-bond acceptors (Lipinski definition) is 5. The van der Waals surface area contributed by atoms with Crippen LogP contribution in [0.25, 0.3) is 21.7 Å². The second-order valence-electron chi connectivity index (χ2n) is 7.17. The van der Waals surface area contributed by atoms with Gasteiger partial charge in [0.25, 0.3) is 0 Å². The smallest absolute Gasteiger partial charge is 0.234 e. The number of carbonyl (C=O) groups is 1. The van der Waals surface area contributed by atoms with Crippen molar-refractivity contribution in [2.45, 2.75) is 4.34 Å². The molecule has 3 aromatic carbocycles. The Balaban J connectivity index is 1.48. The number of hydrogen-bond donors (Lipinski definition) is 1. The van der Waals surface area contributed by atoms with Gasteiger partial charge >= 0.3 is 0 Å². The van der Waals surface area contributed by atoms with E-state index in [1.54, 1.807) is 11.3 Å². The molecule has 0 bridgehead atoms. The van der Waals surface area contributed by atoms with Crippen LogP contribution in [0.4, 0.5) is 11.4 Å². The molecule has 0 atom stereocenters. The fourth-order valence-corrected chi connectivity index (χ4v) is 5.08. The van der Waals surface area contributed by atoms with Crippen molar-refractivity contribution in [2.24, 2.45) is 0 Å². The lowest BCUT2D eigenvalue weighted by Gasteiger charge is -2.12. The summed E-state index contributed by atoms with van der Waals surface area (Å²) in [6.45, 7) is 0. The van der Waals surface area contributed by atoms with Gasteiger partial charge in [-0.05, 0) is 29.8 Å². The molecule has 6 heteroatoms. The minimum Gasteiger partial charge on any atom is -0.378 e. The van der Waals surface area contributed by atoms with Crippen molar-refractivity contribution in [3.8, 4) is 21.7 Å². The van der Waals surface area contributed by atoms with E-state index in [0.717, 1.165) is 37.4 Å². The van der Waals surface area contributed by atoms with Crippen molar-refractivity contribution in [1.82, 2.24) is 4.98 Å². The van der Waals surface area contributed by atoms with Gasteiger partial charge in [-0.3, -0.25) is 4.79 Å². The quantitative estimate of drug-likeness (QED) is 0.340. The summed E-state index contributed by atoms with van der Waals surface area (Å²) in [5, 5.41) is 2.96. The topological polar surface area (TPSA) is 45.2 Å². The second kappa shape index (κ2) is 9.81. The lowest BCUT2D eigenvalue weighted by atomic mass is 10.1. The van der Waals surface area contributed by atoms with Crippen molar-refractivity contribution in [2.75, 3.05) is 30.1 Å². The summed E-state index contributed by atoms with van der Waals surface area (Å²) >= 11 is 3.09. The van der Waals surface area contributed by atoms with E-state index in [1.807, 2.05) is 79.7 Å². The maximum absolute atomic E-state index is 12.5. The third-order valence-electron chi connectivity index (χ3n) is 4.68. The van der Waals surface area contributed by atoms with E-state index in [-0.39, 0.29) is 5.91 Å². The molecular weight excluding hydrogens is 422 g/mol. The fraction of sp³-hybridized carbons (Fsp3) is 0.120. The Hall–Kier alpha value is -3.09. The Kier molecular flexibility index (Phi) is 6.70. The minimum absolute atomic E-state index is 0.0414. The number of rotatable bonds is 7. The first kappa shape index (κ1) is 21.2. The van der Waals surface area contributed by atoms with Crippen molar-refractivity contribution in [3.05, 3.63) is 84.9 Å². The van der Waals surface area contributed by atoms with E-state index in [4.69, 9.17) is 4.98 Å². The molecule has 4 aromatic rings. The van der Waals surface area contributed by atoms with Gasteiger partial charge in [-0.2, -0.15) is 0 Å². The van der Waals surface area contributed by atoms with Gasteiger partial charge in [-0.1, -0.05) is 72.4 Å². The minimum atomic E-state index is -0.0414. The van der Waals surface area contributed by atoms with Gasteiger partial charge in [0, 0.05) is 31.0 Å². The van der Waals surface area contributed by atoms with Gasteiger partial charge in [0.1, 0.15) is 0 Å². The van der Waals surface area contributed by atoms with Crippen molar-refractivity contribution in [3.63, 3.8) is 0 Å². The van der Waals surface area contributed by atoms with Crippen LogP contribution >= 0.6 is 23.1 Å². The highest BCUT2D eigenvalue weighted by atomic mass is 32.2.